The fraction of sp³-hybridized carbons (Fsp3) is 0.0357. The highest BCUT2D eigenvalue weighted by molar-refractivity contribution is 6.14. The number of rotatable bonds is 6. The van der Waals surface area contributed by atoms with Crippen molar-refractivity contribution in [2.24, 2.45) is 0 Å². The van der Waals surface area contributed by atoms with E-state index in [2.05, 4.69) is 10.6 Å². The van der Waals surface area contributed by atoms with Gasteiger partial charge in [0, 0.05) is 57.9 Å². The predicted octanol–water partition coefficient (Wildman–Crippen LogP) is 5.14. The molecule has 192 valence electrons. The molecule has 0 atom stereocenters. The third-order valence-corrected chi connectivity index (χ3v) is 6.28. The molecule has 0 saturated carbocycles. The van der Waals surface area contributed by atoms with E-state index in [4.69, 9.17) is 0 Å². The number of hydrogen-bond donors (Lipinski definition) is 2. The van der Waals surface area contributed by atoms with Gasteiger partial charge in [-0.05, 0) is 78.2 Å². The first-order valence-corrected chi connectivity index (χ1v) is 11.6. The van der Waals surface area contributed by atoms with Gasteiger partial charge in [0.2, 0.25) is 0 Å². The van der Waals surface area contributed by atoms with Gasteiger partial charge in [0.05, 0.1) is 9.85 Å². The average molecular weight is 522 g/mol. The van der Waals surface area contributed by atoms with Crippen LogP contribution in [0, 0.1) is 20.2 Å². The van der Waals surface area contributed by atoms with Crippen LogP contribution in [-0.2, 0) is 6.42 Å². The van der Waals surface area contributed by atoms with Crippen LogP contribution in [0.4, 0.5) is 22.7 Å². The number of nitrogens with zero attached hydrogens (tertiary/aromatic N) is 2. The molecule has 4 aromatic rings. The number of nitro benzene ring substituents is 2. The molecular weight excluding hydrogens is 504 g/mol. The Labute approximate surface area is 220 Å². The maximum atomic E-state index is 13.1. The van der Waals surface area contributed by atoms with Crippen molar-refractivity contribution in [2.45, 2.75) is 6.42 Å². The standard InChI is InChI=1S/C28H18N4O7/c33-26-24-11-1-16(27(34)29-20-3-7-22(8-4-20)31(36)37)13-18(24)15-19-14-17(2-12-25(19)26)28(35)30-21-5-9-23(10-6-21)32(38)39/h1-14H,15H2,(H,29,34)(H,30,35). The minimum absolute atomic E-state index is 0.0975. The smallest absolute Gasteiger partial charge is 0.269 e. The summed E-state index contributed by atoms with van der Waals surface area (Å²) in [6, 6.07) is 20.3. The van der Waals surface area contributed by atoms with E-state index in [0.29, 0.717) is 51.2 Å². The summed E-state index contributed by atoms with van der Waals surface area (Å²) >= 11 is 0. The number of benzene rings is 4. The van der Waals surface area contributed by atoms with Gasteiger partial charge in [-0.2, -0.15) is 0 Å². The maximum absolute atomic E-state index is 13.1. The van der Waals surface area contributed by atoms with E-state index in [0.717, 1.165) is 0 Å². The highest BCUT2D eigenvalue weighted by Gasteiger charge is 2.25. The van der Waals surface area contributed by atoms with Crippen LogP contribution < -0.4 is 10.6 Å². The molecule has 0 heterocycles. The van der Waals surface area contributed by atoms with Crippen molar-refractivity contribution in [2.75, 3.05) is 10.6 Å². The number of anilines is 2. The maximum Gasteiger partial charge on any atom is 0.269 e. The molecule has 39 heavy (non-hydrogen) atoms. The third-order valence-electron chi connectivity index (χ3n) is 6.28. The monoisotopic (exact) mass is 522 g/mol. The molecule has 0 fully saturated rings. The van der Waals surface area contributed by atoms with Crippen molar-refractivity contribution in [1.82, 2.24) is 0 Å². The van der Waals surface area contributed by atoms with Gasteiger partial charge in [-0.1, -0.05) is 0 Å². The number of hydrogen-bond acceptors (Lipinski definition) is 7. The van der Waals surface area contributed by atoms with Gasteiger partial charge in [-0.15, -0.1) is 0 Å². The SMILES string of the molecule is O=C(Nc1ccc([N+](=O)[O-])cc1)c1ccc2c(c1)Cc1cc(C(=O)Nc3ccc([N+](=O)[O-])cc3)ccc1C2=O. The van der Waals surface area contributed by atoms with Crippen molar-refractivity contribution in [3.63, 3.8) is 0 Å². The third kappa shape index (κ3) is 5.09. The van der Waals surface area contributed by atoms with Crippen LogP contribution in [0.3, 0.4) is 0 Å². The Balaban J connectivity index is 1.34. The number of carbonyl (C=O) groups excluding carboxylic acids is 3. The molecule has 1 aliphatic carbocycles. The summed E-state index contributed by atoms with van der Waals surface area (Å²) in [6.07, 6.45) is 0.313. The molecule has 0 spiro atoms. The van der Waals surface area contributed by atoms with Gasteiger partial charge in [-0.3, -0.25) is 34.6 Å². The molecule has 0 aromatic heterocycles. The highest BCUT2D eigenvalue weighted by Crippen LogP contribution is 2.29. The van der Waals surface area contributed by atoms with Crippen molar-refractivity contribution in [3.8, 4) is 0 Å². The molecule has 2 N–H and O–H groups in total. The molecule has 0 unspecified atom stereocenters. The van der Waals surface area contributed by atoms with Gasteiger partial charge >= 0.3 is 0 Å². The Hall–Kier alpha value is -5.71. The van der Waals surface area contributed by atoms with Gasteiger partial charge in [0.25, 0.3) is 23.2 Å². The molecule has 11 heteroatoms. The average Bonchev–Trinajstić information content (AvgIpc) is 2.93. The molecule has 1 aliphatic rings. The van der Waals surface area contributed by atoms with Crippen LogP contribution in [0.2, 0.25) is 0 Å². The number of amides is 2. The van der Waals surface area contributed by atoms with Gasteiger partial charge in [0.15, 0.2) is 5.78 Å². The lowest BCUT2D eigenvalue weighted by Gasteiger charge is -2.20. The Morgan fingerprint density at radius 2 is 1.00 bits per heavy atom. The fourth-order valence-electron chi connectivity index (χ4n) is 4.30. The zero-order chi connectivity index (χ0) is 27.7. The molecule has 2 amide bonds. The van der Waals surface area contributed by atoms with E-state index in [1.165, 1.54) is 60.7 Å². The summed E-state index contributed by atoms with van der Waals surface area (Å²) in [5.41, 5.74) is 3.33. The van der Waals surface area contributed by atoms with Crippen molar-refractivity contribution >= 4 is 40.3 Å². The minimum atomic E-state index is -0.533. The first-order chi connectivity index (χ1) is 18.7. The number of fused-ring (bicyclic) bond motifs is 2. The summed E-state index contributed by atoms with van der Waals surface area (Å²) in [4.78, 5) is 59.3. The molecule has 0 bridgehead atoms. The van der Waals surface area contributed by atoms with Crippen molar-refractivity contribution in [1.29, 1.82) is 0 Å². The lowest BCUT2D eigenvalue weighted by molar-refractivity contribution is -0.385. The van der Waals surface area contributed by atoms with Crippen LogP contribution in [0.25, 0.3) is 0 Å². The number of nitrogens with one attached hydrogen (secondary N) is 2. The second kappa shape index (κ2) is 9.98. The number of non-ortho nitro benzene ring substituents is 2. The second-order valence-electron chi connectivity index (χ2n) is 8.77. The molecular formula is C28H18N4O7. The molecule has 11 nitrogen and oxygen atoms in total. The Morgan fingerprint density at radius 3 is 1.36 bits per heavy atom. The molecule has 0 saturated heterocycles. The Morgan fingerprint density at radius 1 is 0.615 bits per heavy atom. The van der Waals surface area contributed by atoms with E-state index in [-0.39, 0.29) is 17.2 Å². The summed E-state index contributed by atoms with van der Waals surface area (Å²) < 4.78 is 0. The van der Waals surface area contributed by atoms with Crippen LogP contribution in [0.15, 0.2) is 84.9 Å². The summed E-state index contributed by atoms with van der Waals surface area (Å²) in [5.74, 6) is -1.11. The van der Waals surface area contributed by atoms with E-state index in [1.807, 2.05) is 0 Å². The van der Waals surface area contributed by atoms with Crippen LogP contribution in [0.5, 0.6) is 0 Å². The normalized spacial score (nSPS) is 11.6. The topological polar surface area (TPSA) is 162 Å². The van der Waals surface area contributed by atoms with Crippen LogP contribution >= 0.6 is 0 Å². The molecule has 0 radical (unpaired) electrons. The quantitative estimate of drug-likeness (QED) is 0.230. The van der Waals surface area contributed by atoms with Crippen molar-refractivity contribution < 1.29 is 24.2 Å². The van der Waals surface area contributed by atoms with E-state index < -0.39 is 21.7 Å². The first kappa shape index (κ1) is 25.0. The molecule has 4 aromatic carbocycles. The second-order valence-corrected chi connectivity index (χ2v) is 8.77. The lowest BCUT2D eigenvalue weighted by Crippen LogP contribution is -2.19. The fourth-order valence-corrected chi connectivity index (χ4v) is 4.30. The van der Waals surface area contributed by atoms with Crippen LogP contribution in [-0.4, -0.2) is 27.4 Å². The number of nitro groups is 2. The van der Waals surface area contributed by atoms with Crippen LogP contribution in [0.1, 0.15) is 47.8 Å². The molecule has 0 aliphatic heterocycles. The minimum Gasteiger partial charge on any atom is -0.322 e. The van der Waals surface area contributed by atoms with E-state index in [1.54, 1.807) is 24.3 Å². The zero-order valence-corrected chi connectivity index (χ0v) is 20.0. The number of ketones is 1. The first-order valence-electron chi connectivity index (χ1n) is 11.6. The Bertz CT molecular complexity index is 1560. The largest absolute Gasteiger partial charge is 0.322 e. The van der Waals surface area contributed by atoms with Gasteiger partial charge in [0.1, 0.15) is 0 Å². The Kier molecular flexibility index (Phi) is 6.39. The molecule has 5 rings (SSSR count). The highest BCUT2D eigenvalue weighted by atomic mass is 16.6. The zero-order valence-electron chi connectivity index (χ0n) is 20.0. The van der Waals surface area contributed by atoms with E-state index in [9.17, 15) is 34.6 Å². The summed E-state index contributed by atoms with van der Waals surface area (Å²) in [5, 5.41) is 27.0. The van der Waals surface area contributed by atoms with Gasteiger partial charge < -0.3 is 10.6 Å². The predicted molar refractivity (Wildman–Crippen MR) is 141 cm³/mol. The van der Waals surface area contributed by atoms with Gasteiger partial charge in [-0.25, -0.2) is 0 Å². The summed E-state index contributed by atoms with van der Waals surface area (Å²) in [6.45, 7) is 0. The lowest BCUT2D eigenvalue weighted by atomic mass is 9.83. The van der Waals surface area contributed by atoms with E-state index >= 15 is 0 Å². The number of carbonyl (C=O) groups is 3. The summed E-state index contributed by atoms with van der Waals surface area (Å²) in [7, 11) is 0. The van der Waals surface area contributed by atoms with Crippen molar-refractivity contribution in [3.05, 3.63) is 139 Å².